The van der Waals surface area contributed by atoms with E-state index in [1.165, 1.54) is 12.1 Å². The van der Waals surface area contributed by atoms with Crippen LogP contribution in [-0.4, -0.2) is 15.9 Å². The Morgan fingerprint density at radius 2 is 2.00 bits per heavy atom. The Morgan fingerprint density at radius 1 is 1.26 bits per heavy atom. The maximum atomic E-state index is 13.2. The number of hydrogen-bond donors (Lipinski definition) is 2. The summed E-state index contributed by atoms with van der Waals surface area (Å²) in [4.78, 5) is 21.8. The summed E-state index contributed by atoms with van der Waals surface area (Å²) in [6.07, 6.45) is 0. The second kappa shape index (κ2) is 7.12. The molecule has 9 heteroatoms. The normalized spacial score (nSPS) is 10.0. The van der Waals surface area contributed by atoms with Crippen molar-refractivity contribution in [2.75, 3.05) is 5.32 Å². The van der Waals surface area contributed by atoms with Crippen LogP contribution in [0.25, 0.3) is 0 Å². The van der Waals surface area contributed by atoms with Crippen molar-refractivity contribution in [3.8, 4) is 0 Å². The smallest absolute Gasteiger partial charge is 0.306 e. The molecule has 0 fully saturated rings. The summed E-state index contributed by atoms with van der Waals surface area (Å²) in [6.45, 7) is 0. The highest BCUT2D eigenvalue weighted by molar-refractivity contribution is 7.80. The molecule has 2 N–H and O–H groups in total. The van der Waals surface area contributed by atoms with Crippen molar-refractivity contribution in [1.29, 1.82) is 0 Å². The Balaban J connectivity index is 2.06. The number of carbonyl (C=O) groups is 1. The van der Waals surface area contributed by atoms with E-state index in [9.17, 15) is 19.3 Å². The van der Waals surface area contributed by atoms with Gasteiger partial charge in [-0.2, -0.15) is 4.39 Å². The minimum Gasteiger partial charge on any atom is -0.332 e. The van der Waals surface area contributed by atoms with Crippen molar-refractivity contribution in [2.24, 2.45) is 0 Å². The molecule has 0 atom stereocenters. The number of thiocarbonyl (C=S) groups is 1. The van der Waals surface area contributed by atoms with E-state index in [1.54, 1.807) is 18.2 Å². The molecule has 0 aliphatic rings. The summed E-state index contributed by atoms with van der Waals surface area (Å²) in [5.41, 5.74) is -0.222. The van der Waals surface area contributed by atoms with E-state index >= 15 is 0 Å². The molecule has 1 amide bonds. The molecule has 0 heterocycles. The largest absolute Gasteiger partial charge is 0.332 e. The number of amides is 1. The summed E-state index contributed by atoms with van der Waals surface area (Å²) in [5.74, 6) is -1.46. The van der Waals surface area contributed by atoms with Crippen LogP contribution in [-0.2, 0) is 0 Å². The van der Waals surface area contributed by atoms with Gasteiger partial charge in [0.25, 0.3) is 5.91 Å². The van der Waals surface area contributed by atoms with Crippen molar-refractivity contribution >= 4 is 46.2 Å². The first kappa shape index (κ1) is 16.8. The fourth-order valence-electron chi connectivity index (χ4n) is 1.70. The van der Waals surface area contributed by atoms with Gasteiger partial charge in [-0.25, -0.2) is 0 Å². The number of benzene rings is 2. The molecule has 6 nitrogen and oxygen atoms in total. The molecule has 0 aromatic heterocycles. The Kier molecular flexibility index (Phi) is 5.20. The molecule has 0 aliphatic heterocycles. The number of nitro groups is 1. The zero-order valence-corrected chi connectivity index (χ0v) is 13.0. The van der Waals surface area contributed by atoms with E-state index in [4.69, 9.17) is 23.8 Å². The van der Waals surface area contributed by atoms with Crippen molar-refractivity contribution in [1.82, 2.24) is 5.32 Å². The molecule has 2 aromatic carbocycles. The number of carbonyl (C=O) groups excluding carboxylic acids is 1. The van der Waals surface area contributed by atoms with Gasteiger partial charge in [0.2, 0.25) is 5.82 Å². The topological polar surface area (TPSA) is 84.3 Å². The predicted octanol–water partition coefficient (Wildman–Crippen LogP) is 3.51. The fourth-order valence-corrected chi connectivity index (χ4v) is 2.10. The van der Waals surface area contributed by atoms with Gasteiger partial charge >= 0.3 is 5.69 Å². The first-order valence-electron chi connectivity index (χ1n) is 6.18. The number of nitro benzene ring substituents is 1. The lowest BCUT2D eigenvalue weighted by molar-refractivity contribution is -0.387. The predicted molar refractivity (Wildman–Crippen MR) is 88.2 cm³/mol. The first-order valence-corrected chi connectivity index (χ1v) is 6.97. The van der Waals surface area contributed by atoms with E-state index in [2.05, 4.69) is 10.6 Å². The molecule has 2 rings (SSSR count). The third-order valence-corrected chi connectivity index (χ3v) is 3.15. The van der Waals surface area contributed by atoms with Gasteiger partial charge in [-0.3, -0.25) is 20.2 Å². The van der Waals surface area contributed by atoms with Crippen LogP contribution in [0.4, 0.5) is 15.8 Å². The molecule has 118 valence electrons. The Bertz CT molecular complexity index is 801. The Hall–Kier alpha value is -2.58. The lowest BCUT2D eigenvalue weighted by atomic mass is 10.2. The summed E-state index contributed by atoms with van der Waals surface area (Å²) < 4.78 is 13.2. The molecule has 0 bridgehead atoms. The van der Waals surface area contributed by atoms with Crippen LogP contribution in [0.15, 0.2) is 42.5 Å². The second-order valence-electron chi connectivity index (χ2n) is 4.34. The monoisotopic (exact) mass is 353 g/mol. The first-order chi connectivity index (χ1) is 10.9. The average molecular weight is 354 g/mol. The number of halogens is 2. The van der Waals surface area contributed by atoms with Crippen molar-refractivity contribution < 1.29 is 14.1 Å². The second-order valence-corrected chi connectivity index (χ2v) is 5.19. The molecular formula is C14H9ClFN3O3S. The van der Waals surface area contributed by atoms with Gasteiger partial charge < -0.3 is 5.32 Å². The lowest BCUT2D eigenvalue weighted by Crippen LogP contribution is -2.34. The van der Waals surface area contributed by atoms with Crippen LogP contribution in [0.2, 0.25) is 5.02 Å². The number of nitrogens with zero attached hydrogens (tertiary/aromatic N) is 1. The van der Waals surface area contributed by atoms with E-state index in [-0.39, 0.29) is 10.8 Å². The molecule has 0 aliphatic carbocycles. The summed E-state index contributed by atoms with van der Waals surface area (Å²) in [5, 5.41) is 16.0. The molecule has 2 aromatic rings. The van der Waals surface area contributed by atoms with Gasteiger partial charge in [0.05, 0.1) is 4.92 Å². The minimum absolute atomic E-state index is 0.0871. The number of hydrogen-bond acceptors (Lipinski definition) is 4. The standard InChI is InChI=1S/C14H9ClFN3O3S/c15-9-3-1-2-8(6-9)13(20)18-14(23)17-10-4-5-11(16)12(7-10)19(21)22/h1-7H,(H2,17,18,20,23). The number of nitrogens with one attached hydrogen (secondary N) is 2. The third kappa shape index (κ3) is 4.44. The van der Waals surface area contributed by atoms with Gasteiger partial charge in [-0.05, 0) is 42.5 Å². The fraction of sp³-hybridized carbons (Fsp3) is 0. The van der Waals surface area contributed by atoms with Gasteiger partial charge in [0.15, 0.2) is 5.11 Å². The number of anilines is 1. The Morgan fingerprint density at radius 3 is 2.65 bits per heavy atom. The van der Waals surface area contributed by atoms with E-state index < -0.39 is 22.3 Å². The molecule has 23 heavy (non-hydrogen) atoms. The molecule has 0 saturated carbocycles. The minimum atomic E-state index is -0.963. The highest BCUT2D eigenvalue weighted by atomic mass is 35.5. The molecule has 0 spiro atoms. The van der Waals surface area contributed by atoms with Crippen LogP contribution >= 0.6 is 23.8 Å². The van der Waals surface area contributed by atoms with Gasteiger partial charge in [0.1, 0.15) is 0 Å². The van der Waals surface area contributed by atoms with Crippen molar-refractivity contribution in [3.05, 3.63) is 69.0 Å². The highest BCUT2D eigenvalue weighted by Gasteiger charge is 2.15. The van der Waals surface area contributed by atoms with Gasteiger partial charge in [-0.15, -0.1) is 0 Å². The lowest BCUT2D eigenvalue weighted by Gasteiger charge is -2.09. The average Bonchev–Trinajstić information content (AvgIpc) is 2.48. The quantitative estimate of drug-likeness (QED) is 0.501. The maximum Gasteiger partial charge on any atom is 0.306 e. The highest BCUT2D eigenvalue weighted by Crippen LogP contribution is 2.21. The van der Waals surface area contributed by atoms with Gasteiger partial charge in [0, 0.05) is 22.3 Å². The van der Waals surface area contributed by atoms with Crippen molar-refractivity contribution in [2.45, 2.75) is 0 Å². The zero-order valence-electron chi connectivity index (χ0n) is 11.4. The summed E-state index contributed by atoms with van der Waals surface area (Å²) >= 11 is 10.7. The van der Waals surface area contributed by atoms with Crippen LogP contribution in [0.3, 0.4) is 0 Å². The third-order valence-electron chi connectivity index (χ3n) is 2.71. The van der Waals surface area contributed by atoms with Crippen molar-refractivity contribution in [3.63, 3.8) is 0 Å². The summed E-state index contributed by atoms with van der Waals surface area (Å²) in [7, 11) is 0. The molecule has 0 unspecified atom stereocenters. The van der Waals surface area contributed by atoms with Gasteiger partial charge in [-0.1, -0.05) is 17.7 Å². The van der Waals surface area contributed by atoms with E-state index in [0.29, 0.717) is 10.6 Å². The zero-order chi connectivity index (χ0) is 17.0. The Labute approximate surface area is 140 Å². The molecule has 0 saturated heterocycles. The van der Waals surface area contributed by atoms with Crippen LogP contribution in [0.1, 0.15) is 10.4 Å². The summed E-state index contributed by atoms with van der Waals surface area (Å²) in [6, 6.07) is 9.41. The molecular weight excluding hydrogens is 345 g/mol. The van der Waals surface area contributed by atoms with Crippen LogP contribution in [0, 0.1) is 15.9 Å². The SMILES string of the molecule is O=C(NC(=S)Nc1ccc(F)c([N+](=O)[O-])c1)c1cccc(Cl)c1. The van der Waals surface area contributed by atoms with Crippen LogP contribution < -0.4 is 10.6 Å². The molecule has 0 radical (unpaired) electrons. The number of rotatable bonds is 3. The maximum absolute atomic E-state index is 13.2. The van der Waals surface area contributed by atoms with Crippen LogP contribution in [0.5, 0.6) is 0 Å². The van der Waals surface area contributed by atoms with E-state index in [0.717, 1.165) is 12.1 Å². The van der Waals surface area contributed by atoms with E-state index in [1.807, 2.05) is 0 Å².